The van der Waals surface area contributed by atoms with E-state index in [-0.39, 0.29) is 22.3 Å². The highest BCUT2D eigenvalue weighted by atomic mass is 32.2. The number of aromatic amines is 1. The van der Waals surface area contributed by atoms with E-state index in [0.29, 0.717) is 12.5 Å². The third-order valence-electron chi connectivity index (χ3n) is 3.77. The number of nitrogens with zero attached hydrogens (tertiary/aromatic N) is 2. The van der Waals surface area contributed by atoms with Crippen LogP contribution in [0.3, 0.4) is 0 Å². The van der Waals surface area contributed by atoms with E-state index in [1.807, 2.05) is 0 Å². The number of aryl methyl sites for hydroxylation is 1. The Morgan fingerprint density at radius 1 is 1.40 bits per heavy atom. The Bertz CT molecular complexity index is 644. The number of H-pyrrole nitrogens is 1. The highest BCUT2D eigenvalue weighted by molar-refractivity contribution is 7.89. The SMILES string of the molecule is Cc1[nH]nc(S(=O)(=O)N(CC2CC2)C2CC2)c1C(=O)O. The molecule has 20 heavy (non-hydrogen) atoms. The molecule has 0 radical (unpaired) electrons. The average molecular weight is 299 g/mol. The first-order valence-corrected chi connectivity index (χ1v) is 8.15. The lowest BCUT2D eigenvalue weighted by molar-refractivity contribution is 0.0691. The molecular weight excluding hydrogens is 282 g/mol. The van der Waals surface area contributed by atoms with Gasteiger partial charge >= 0.3 is 5.97 Å². The Labute approximate surface area is 117 Å². The maximum atomic E-state index is 12.7. The summed E-state index contributed by atoms with van der Waals surface area (Å²) in [6.07, 6.45) is 3.78. The average Bonchev–Trinajstić information content (AvgIpc) is 3.24. The lowest BCUT2D eigenvalue weighted by Crippen LogP contribution is -2.36. The first-order chi connectivity index (χ1) is 9.41. The largest absolute Gasteiger partial charge is 0.478 e. The smallest absolute Gasteiger partial charge is 0.340 e. The zero-order chi connectivity index (χ0) is 14.5. The fourth-order valence-electron chi connectivity index (χ4n) is 2.32. The van der Waals surface area contributed by atoms with Crippen LogP contribution in [0.5, 0.6) is 0 Å². The summed E-state index contributed by atoms with van der Waals surface area (Å²) in [6, 6.07) is 0.0132. The van der Waals surface area contributed by atoms with Crippen molar-refractivity contribution < 1.29 is 18.3 Å². The molecule has 1 heterocycles. The van der Waals surface area contributed by atoms with Gasteiger partial charge in [0.05, 0.1) is 0 Å². The first-order valence-electron chi connectivity index (χ1n) is 6.71. The third kappa shape index (κ3) is 2.33. The highest BCUT2D eigenvalue weighted by Gasteiger charge is 2.43. The number of carboxylic acid groups (broad SMARTS) is 1. The number of hydrogen-bond donors (Lipinski definition) is 2. The van der Waals surface area contributed by atoms with Crippen LogP contribution in [0.2, 0.25) is 0 Å². The van der Waals surface area contributed by atoms with Crippen LogP contribution in [0.4, 0.5) is 0 Å². The molecule has 1 aromatic heterocycles. The molecule has 0 spiro atoms. The van der Waals surface area contributed by atoms with E-state index < -0.39 is 16.0 Å². The van der Waals surface area contributed by atoms with Crippen LogP contribution in [0.1, 0.15) is 41.7 Å². The lowest BCUT2D eigenvalue weighted by Gasteiger charge is -2.20. The minimum Gasteiger partial charge on any atom is -0.478 e. The fourth-order valence-corrected chi connectivity index (χ4v) is 4.21. The van der Waals surface area contributed by atoms with Gasteiger partial charge in [-0.3, -0.25) is 5.10 Å². The van der Waals surface area contributed by atoms with E-state index in [1.54, 1.807) is 0 Å². The van der Waals surface area contributed by atoms with Crippen LogP contribution in [-0.2, 0) is 10.0 Å². The summed E-state index contributed by atoms with van der Waals surface area (Å²) in [6.45, 7) is 2.00. The normalized spacial score (nSPS) is 19.5. The molecule has 0 amide bonds. The molecule has 2 saturated carbocycles. The van der Waals surface area contributed by atoms with Gasteiger partial charge in [0.25, 0.3) is 10.0 Å². The number of aromatic nitrogens is 2. The zero-order valence-electron chi connectivity index (χ0n) is 11.2. The van der Waals surface area contributed by atoms with Crippen molar-refractivity contribution in [1.29, 1.82) is 0 Å². The van der Waals surface area contributed by atoms with Gasteiger partial charge in [-0.1, -0.05) is 0 Å². The monoisotopic (exact) mass is 299 g/mol. The van der Waals surface area contributed by atoms with Crippen LogP contribution in [0.25, 0.3) is 0 Å². The summed E-state index contributed by atoms with van der Waals surface area (Å²) in [5, 5.41) is 15.0. The second kappa shape index (κ2) is 4.56. The number of carboxylic acids is 1. The molecule has 2 aliphatic carbocycles. The Balaban J connectivity index is 1.99. The van der Waals surface area contributed by atoms with Gasteiger partial charge in [0.15, 0.2) is 0 Å². The summed E-state index contributed by atoms with van der Waals surface area (Å²) >= 11 is 0. The van der Waals surface area contributed by atoms with Gasteiger partial charge in [0.2, 0.25) is 5.03 Å². The number of carbonyl (C=O) groups is 1. The standard InChI is InChI=1S/C12H17N3O4S/c1-7-10(12(16)17)11(14-13-7)20(18,19)15(9-4-5-9)6-8-2-3-8/h8-9H,2-6H2,1H3,(H,13,14)(H,16,17). The van der Waals surface area contributed by atoms with Gasteiger partial charge < -0.3 is 5.11 Å². The van der Waals surface area contributed by atoms with Crippen molar-refractivity contribution in [2.75, 3.05) is 6.54 Å². The van der Waals surface area contributed by atoms with Gasteiger partial charge in [-0.15, -0.1) is 0 Å². The van der Waals surface area contributed by atoms with E-state index in [1.165, 1.54) is 11.2 Å². The first kappa shape index (κ1) is 13.6. The second-order valence-electron chi connectivity index (χ2n) is 5.58. The van der Waals surface area contributed by atoms with Gasteiger partial charge in [-0.25, -0.2) is 13.2 Å². The molecule has 110 valence electrons. The molecule has 0 unspecified atom stereocenters. The summed E-state index contributed by atoms with van der Waals surface area (Å²) in [5.74, 6) is -0.851. The number of nitrogens with one attached hydrogen (secondary N) is 1. The molecule has 7 nitrogen and oxygen atoms in total. The fraction of sp³-hybridized carbons (Fsp3) is 0.667. The Hall–Kier alpha value is -1.41. The maximum Gasteiger partial charge on any atom is 0.340 e. The van der Waals surface area contributed by atoms with E-state index >= 15 is 0 Å². The predicted octanol–water partition coefficient (Wildman–Crippen LogP) is 0.979. The molecule has 2 aliphatic rings. The van der Waals surface area contributed by atoms with E-state index in [9.17, 15) is 18.3 Å². The van der Waals surface area contributed by atoms with Gasteiger partial charge in [0.1, 0.15) is 5.56 Å². The minimum atomic E-state index is -3.84. The van der Waals surface area contributed by atoms with E-state index in [4.69, 9.17) is 0 Å². The van der Waals surface area contributed by atoms with Crippen LogP contribution in [0.15, 0.2) is 5.03 Å². The van der Waals surface area contributed by atoms with Crippen molar-refractivity contribution in [3.8, 4) is 0 Å². The molecule has 0 saturated heterocycles. The number of aromatic carboxylic acids is 1. The second-order valence-corrected chi connectivity index (χ2v) is 7.39. The molecule has 2 N–H and O–H groups in total. The molecule has 2 fully saturated rings. The maximum absolute atomic E-state index is 12.7. The molecular formula is C12H17N3O4S. The molecule has 1 aromatic rings. The Morgan fingerprint density at radius 3 is 2.55 bits per heavy atom. The van der Waals surface area contributed by atoms with Crippen LogP contribution in [0, 0.1) is 12.8 Å². The topological polar surface area (TPSA) is 103 Å². The molecule has 0 aromatic carbocycles. The van der Waals surface area contributed by atoms with E-state index in [2.05, 4.69) is 10.2 Å². The summed E-state index contributed by atoms with van der Waals surface area (Å²) in [5.41, 5.74) is 0.0182. The molecule has 8 heteroatoms. The highest BCUT2D eigenvalue weighted by Crippen LogP contribution is 2.38. The number of hydrogen-bond acceptors (Lipinski definition) is 4. The van der Waals surface area contributed by atoms with E-state index in [0.717, 1.165) is 25.7 Å². The van der Waals surface area contributed by atoms with Crippen LogP contribution in [-0.4, -0.2) is 46.6 Å². The lowest BCUT2D eigenvalue weighted by atomic mass is 10.3. The van der Waals surface area contributed by atoms with Crippen LogP contribution < -0.4 is 0 Å². The van der Waals surface area contributed by atoms with Gasteiger partial charge in [-0.05, 0) is 38.5 Å². The molecule has 0 atom stereocenters. The van der Waals surface area contributed by atoms with Gasteiger partial charge in [0, 0.05) is 18.3 Å². The Morgan fingerprint density at radius 2 is 2.05 bits per heavy atom. The minimum absolute atomic E-state index is 0.0132. The summed E-state index contributed by atoms with van der Waals surface area (Å²) in [7, 11) is -3.84. The number of rotatable bonds is 6. The third-order valence-corrected chi connectivity index (χ3v) is 5.62. The van der Waals surface area contributed by atoms with Crippen molar-refractivity contribution >= 4 is 16.0 Å². The summed E-state index contributed by atoms with van der Waals surface area (Å²) < 4.78 is 26.8. The number of sulfonamides is 1. The van der Waals surface area contributed by atoms with Crippen molar-refractivity contribution in [3.05, 3.63) is 11.3 Å². The van der Waals surface area contributed by atoms with Crippen molar-refractivity contribution in [2.24, 2.45) is 5.92 Å². The van der Waals surface area contributed by atoms with Crippen molar-refractivity contribution in [3.63, 3.8) is 0 Å². The molecule has 3 rings (SSSR count). The quantitative estimate of drug-likeness (QED) is 0.815. The zero-order valence-corrected chi connectivity index (χ0v) is 12.0. The van der Waals surface area contributed by atoms with Crippen LogP contribution >= 0.6 is 0 Å². The summed E-state index contributed by atoms with van der Waals surface area (Å²) in [4.78, 5) is 11.3. The van der Waals surface area contributed by atoms with Gasteiger partial charge in [-0.2, -0.15) is 9.40 Å². The molecule has 0 bridgehead atoms. The van der Waals surface area contributed by atoms with Crippen molar-refractivity contribution in [1.82, 2.24) is 14.5 Å². The molecule has 0 aliphatic heterocycles. The van der Waals surface area contributed by atoms with Crippen molar-refractivity contribution in [2.45, 2.75) is 43.7 Å². The Kier molecular flexibility index (Phi) is 3.09. The predicted molar refractivity (Wildman–Crippen MR) is 69.9 cm³/mol.